The number of esters is 3. The van der Waals surface area contributed by atoms with Gasteiger partial charge in [-0.15, -0.1) is 0 Å². The average molecular weight is 1060 g/mol. The molecule has 0 aliphatic heterocycles. The van der Waals surface area contributed by atoms with Gasteiger partial charge in [0, 0.05) is 19.3 Å². The zero-order valence-electron chi connectivity index (χ0n) is 47.6. The highest BCUT2D eigenvalue weighted by Gasteiger charge is 2.28. The van der Waals surface area contributed by atoms with Crippen LogP contribution >= 0.6 is 7.82 Å². The molecule has 74 heavy (non-hydrogen) atoms. The van der Waals surface area contributed by atoms with Gasteiger partial charge in [-0.1, -0.05) is 255 Å². The zero-order valence-corrected chi connectivity index (χ0v) is 48.5. The summed E-state index contributed by atoms with van der Waals surface area (Å²) in [6.07, 6.45) is 61.8. The lowest BCUT2D eigenvalue weighted by Gasteiger charge is -2.21. The largest absolute Gasteiger partial charge is 0.472 e. The van der Waals surface area contributed by atoms with Crippen LogP contribution in [0.2, 0.25) is 0 Å². The van der Waals surface area contributed by atoms with E-state index >= 15 is 0 Å². The van der Waals surface area contributed by atoms with Crippen LogP contribution in [0.4, 0.5) is 0 Å². The molecule has 0 amide bonds. The molecule has 0 saturated heterocycles. The fourth-order valence-electron chi connectivity index (χ4n) is 8.38. The van der Waals surface area contributed by atoms with Gasteiger partial charge in [-0.3, -0.25) is 23.4 Å². The number of phosphoric acid groups is 1. The van der Waals surface area contributed by atoms with Gasteiger partial charge in [0.25, 0.3) is 0 Å². The lowest BCUT2D eigenvalue weighted by Crippen LogP contribution is -2.30. The second kappa shape index (κ2) is 56.4. The Kier molecular flexibility index (Phi) is 54.2. The Bertz CT molecular complexity index is 1470. The molecule has 2 N–H and O–H groups in total. The van der Waals surface area contributed by atoms with Crippen LogP contribution in [0.25, 0.3) is 0 Å². The predicted octanol–water partition coefficient (Wildman–Crippen LogP) is 17.9. The summed E-state index contributed by atoms with van der Waals surface area (Å²) in [5.41, 5.74) is 0. The standard InChI is InChI=1S/C62H111O11P/c1-4-7-10-13-16-19-22-24-26-28-29-31-33-35-38-41-44-47-50-53-62(66)73-59(55-69-60(64)51-48-45-42-39-37-34-32-30-27-25-23-20-17-14-11-8-5-2)57-71-74(67,68)70-56-58(54-63)72-61(65)52-49-46-43-40-36-21-18-15-12-9-6-3/h7,10,16,19,24,26,29,31,35,38,58-59,63H,4-6,8-9,11-15,17-18,20-23,25,27-28,30,32-34,36-37,39-57H2,1-3H3,(H,67,68)/b10-7-,19-16-,26-24-,31-29-,38-35-. The topological polar surface area (TPSA) is 155 Å². The van der Waals surface area contributed by atoms with E-state index in [9.17, 15) is 28.9 Å². The Morgan fingerprint density at radius 3 is 1.08 bits per heavy atom. The number of hydrogen-bond donors (Lipinski definition) is 2. The summed E-state index contributed by atoms with van der Waals surface area (Å²) in [6.45, 7) is 4.52. The monoisotopic (exact) mass is 1060 g/mol. The molecule has 0 aliphatic carbocycles. The highest BCUT2D eigenvalue weighted by Crippen LogP contribution is 2.43. The zero-order chi connectivity index (χ0) is 54.1. The second-order valence-corrected chi connectivity index (χ2v) is 21.6. The highest BCUT2D eigenvalue weighted by atomic mass is 31.2. The van der Waals surface area contributed by atoms with E-state index in [1.807, 2.05) is 0 Å². The van der Waals surface area contributed by atoms with Gasteiger partial charge in [0.05, 0.1) is 19.8 Å². The summed E-state index contributed by atoms with van der Waals surface area (Å²) >= 11 is 0. The highest BCUT2D eigenvalue weighted by molar-refractivity contribution is 7.47. The molecule has 0 heterocycles. The normalized spacial score (nSPS) is 13.7. The molecule has 0 spiro atoms. The van der Waals surface area contributed by atoms with Crippen molar-refractivity contribution in [1.29, 1.82) is 0 Å². The number of rotatable bonds is 56. The molecular formula is C62H111O11P. The fraction of sp³-hybridized carbons (Fsp3) is 0.790. The molecule has 3 atom stereocenters. The van der Waals surface area contributed by atoms with Crippen LogP contribution in [0.3, 0.4) is 0 Å². The van der Waals surface area contributed by atoms with Crippen LogP contribution < -0.4 is 0 Å². The molecule has 11 nitrogen and oxygen atoms in total. The van der Waals surface area contributed by atoms with Gasteiger partial charge in [-0.05, 0) is 64.2 Å². The summed E-state index contributed by atoms with van der Waals surface area (Å²) in [5, 5.41) is 9.80. The first kappa shape index (κ1) is 71.2. The van der Waals surface area contributed by atoms with Gasteiger partial charge in [-0.25, -0.2) is 4.57 Å². The van der Waals surface area contributed by atoms with Crippen molar-refractivity contribution in [3.63, 3.8) is 0 Å². The maximum atomic E-state index is 12.9. The summed E-state index contributed by atoms with van der Waals surface area (Å²) < 4.78 is 39.5. The van der Waals surface area contributed by atoms with Gasteiger partial charge >= 0.3 is 25.7 Å². The van der Waals surface area contributed by atoms with Crippen molar-refractivity contribution in [2.45, 2.75) is 290 Å². The molecule has 0 radical (unpaired) electrons. The van der Waals surface area contributed by atoms with Crippen molar-refractivity contribution in [1.82, 2.24) is 0 Å². The van der Waals surface area contributed by atoms with E-state index < -0.39 is 57.8 Å². The summed E-state index contributed by atoms with van der Waals surface area (Å²) in [4.78, 5) is 48.6. The molecule has 0 aliphatic rings. The van der Waals surface area contributed by atoms with Crippen molar-refractivity contribution in [3.8, 4) is 0 Å². The fourth-order valence-corrected chi connectivity index (χ4v) is 9.17. The van der Waals surface area contributed by atoms with E-state index in [1.165, 1.54) is 128 Å². The number of hydrogen-bond acceptors (Lipinski definition) is 10. The van der Waals surface area contributed by atoms with Crippen LogP contribution in [0.15, 0.2) is 60.8 Å². The van der Waals surface area contributed by atoms with Crippen LogP contribution in [-0.4, -0.2) is 66.5 Å². The van der Waals surface area contributed by atoms with E-state index in [1.54, 1.807) is 0 Å². The van der Waals surface area contributed by atoms with Crippen LogP contribution in [0, 0.1) is 0 Å². The smallest absolute Gasteiger partial charge is 0.462 e. The van der Waals surface area contributed by atoms with E-state index in [0.29, 0.717) is 19.3 Å². The second-order valence-electron chi connectivity index (χ2n) is 20.1. The Labute approximate surface area is 453 Å². The number of allylic oxidation sites excluding steroid dienone is 10. The first-order valence-electron chi connectivity index (χ1n) is 30.2. The molecule has 430 valence electrons. The third kappa shape index (κ3) is 54.0. The van der Waals surface area contributed by atoms with E-state index in [-0.39, 0.29) is 25.9 Å². The SMILES string of the molecule is CC/C=C\C/C=C\C/C=C\C/C=C\C/C=C\CCCCCC(=O)OC(COC(=O)CCCCCCCCCCCCCCCCCCC)COP(=O)(O)OCC(CO)OC(=O)CCCCCCCCCCCCC. The van der Waals surface area contributed by atoms with Crippen molar-refractivity contribution in [2.24, 2.45) is 0 Å². The van der Waals surface area contributed by atoms with E-state index in [2.05, 4.69) is 81.5 Å². The number of aliphatic hydroxyl groups excluding tert-OH is 1. The predicted molar refractivity (Wildman–Crippen MR) is 307 cm³/mol. The molecular weight excluding hydrogens is 952 g/mol. The molecule has 0 aromatic carbocycles. The maximum absolute atomic E-state index is 12.9. The molecule has 12 heteroatoms. The minimum absolute atomic E-state index is 0.130. The molecule has 3 unspecified atom stereocenters. The number of unbranched alkanes of at least 4 members (excludes halogenated alkanes) is 29. The van der Waals surface area contributed by atoms with E-state index in [4.69, 9.17) is 23.3 Å². The van der Waals surface area contributed by atoms with Crippen LogP contribution in [0.5, 0.6) is 0 Å². The first-order valence-corrected chi connectivity index (χ1v) is 31.7. The van der Waals surface area contributed by atoms with Gasteiger partial charge in [0.2, 0.25) is 0 Å². The summed E-state index contributed by atoms with van der Waals surface area (Å²) in [5.74, 6) is -1.49. The Morgan fingerprint density at radius 2 is 0.703 bits per heavy atom. The molecule has 0 bridgehead atoms. The molecule has 0 aromatic heterocycles. The van der Waals surface area contributed by atoms with Crippen molar-refractivity contribution >= 4 is 25.7 Å². The maximum Gasteiger partial charge on any atom is 0.472 e. The molecule has 0 saturated carbocycles. The van der Waals surface area contributed by atoms with Gasteiger partial charge < -0.3 is 24.2 Å². The molecule has 0 aromatic rings. The Morgan fingerprint density at radius 1 is 0.392 bits per heavy atom. The minimum atomic E-state index is -4.75. The van der Waals surface area contributed by atoms with Gasteiger partial charge in [0.15, 0.2) is 6.10 Å². The van der Waals surface area contributed by atoms with E-state index in [0.717, 1.165) is 89.9 Å². The van der Waals surface area contributed by atoms with Gasteiger partial charge in [-0.2, -0.15) is 0 Å². The number of ether oxygens (including phenoxy) is 3. The number of aliphatic hydroxyl groups is 1. The third-order valence-electron chi connectivity index (χ3n) is 13.0. The van der Waals surface area contributed by atoms with Crippen molar-refractivity contribution in [3.05, 3.63) is 60.8 Å². The third-order valence-corrected chi connectivity index (χ3v) is 13.9. The molecule has 0 rings (SSSR count). The number of carbonyl (C=O) groups is 3. The molecule has 0 fully saturated rings. The van der Waals surface area contributed by atoms with Crippen LogP contribution in [0.1, 0.15) is 278 Å². The van der Waals surface area contributed by atoms with Crippen molar-refractivity contribution < 1.29 is 52.2 Å². The van der Waals surface area contributed by atoms with Crippen molar-refractivity contribution in [2.75, 3.05) is 26.4 Å². The lowest BCUT2D eigenvalue weighted by atomic mass is 10.0. The Hall–Kier alpha value is -2.82. The number of phosphoric ester groups is 1. The quantitative estimate of drug-likeness (QED) is 0.0197. The average Bonchev–Trinajstić information content (AvgIpc) is 3.39. The lowest BCUT2D eigenvalue weighted by molar-refractivity contribution is -0.161. The Balaban J connectivity index is 4.76. The summed E-state index contributed by atoms with van der Waals surface area (Å²) in [7, 11) is -4.75. The van der Waals surface area contributed by atoms with Gasteiger partial charge in [0.1, 0.15) is 12.7 Å². The number of carbonyl (C=O) groups excluding carboxylic acids is 3. The van der Waals surface area contributed by atoms with Crippen LogP contribution in [-0.2, 0) is 42.2 Å². The summed E-state index contributed by atoms with van der Waals surface area (Å²) in [6, 6.07) is 0. The first-order chi connectivity index (χ1) is 36.2. The minimum Gasteiger partial charge on any atom is -0.462 e.